The van der Waals surface area contributed by atoms with Crippen LogP contribution >= 0.6 is 0 Å². The summed E-state index contributed by atoms with van der Waals surface area (Å²) < 4.78 is 11.5. The van der Waals surface area contributed by atoms with Crippen molar-refractivity contribution in [1.82, 2.24) is 4.90 Å². The van der Waals surface area contributed by atoms with Gasteiger partial charge in [0, 0.05) is 18.7 Å². The van der Waals surface area contributed by atoms with Crippen LogP contribution in [0.25, 0.3) is 0 Å². The molecule has 1 N–H and O–H groups in total. The van der Waals surface area contributed by atoms with Crippen molar-refractivity contribution in [3.05, 3.63) is 23.8 Å². The molecule has 148 valence electrons. The smallest absolute Gasteiger partial charge is 0.308 e. The minimum atomic E-state index is -0.794. The largest absolute Gasteiger partial charge is 0.490 e. The summed E-state index contributed by atoms with van der Waals surface area (Å²) in [6.45, 7) is 6.01. The molecule has 0 bridgehead atoms. The second-order valence-corrected chi connectivity index (χ2v) is 7.51. The van der Waals surface area contributed by atoms with Gasteiger partial charge in [0.15, 0.2) is 11.5 Å². The van der Waals surface area contributed by atoms with Gasteiger partial charge in [0.2, 0.25) is 0 Å². The molecule has 0 radical (unpaired) electrons. The first-order chi connectivity index (χ1) is 13.0. The average Bonchev–Trinajstić information content (AvgIpc) is 3.42. The van der Waals surface area contributed by atoms with Crippen LogP contribution in [0.5, 0.6) is 11.5 Å². The normalized spacial score (nSPS) is 21.9. The summed E-state index contributed by atoms with van der Waals surface area (Å²) in [6, 6.07) is 5.24. The third-order valence-corrected chi connectivity index (χ3v) is 5.31. The first kappa shape index (κ1) is 19.5. The number of carboxylic acids is 1. The molecule has 1 aliphatic carbocycles. The summed E-state index contributed by atoms with van der Waals surface area (Å²) in [7, 11) is 0. The van der Waals surface area contributed by atoms with Gasteiger partial charge < -0.3 is 19.5 Å². The molecular formula is C21H29NO5. The van der Waals surface area contributed by atoms with E-state index in [1.54, 1.807) is 23.1 Å². The van der Waals surface area contributed by atoms with E-state index in [2.05, 4.69) is 0 Å². The topological polar surface area (TPSA) is 76.1 Å². The molecule has 2 fully saturated rings. The third kappa shape index (κ3) is 4.54. The molecular weight excluding hydrogens is 346 g/mol. The van der Waals surface area contributed by atoms with Gasteiger partial charge in [-0.3, -0.25) is 9.59 Å². The maximum absolute atomic E-state index is 13.0. The Morgan fingerprint density at radius 2 is 1.74 bits per heavy atom. The first-order valence-electron chi connectivity index (χ1n) is 9.96. The number of benzene rings is 1. The Balaban J connectivity index is 1.76. The quantitative estimate of drug-likeness (QED) is 0.715. The van der Waals surface area contributed by atoms with Crippen LogP contribution in [0.3, 0.4) is 0 Å². The Morgan fingerprint density at radius 1 is 1.07 bits per heavy atom. The van der Waals surface area contributed by atoms with Crippen molar-refractivity contribution in [3.8, 4) is 11.5 Å². The van der Waals surface area contributed by atoms with E-state index < -0.39 is 11.9 Å². The maximum Gasteiger partial charge on any atom is 0.308 e. The van der Waals surface area contributed by atoms with Crippen LogP contribution in [-0.2, 0) is 4.79 Å². The van der Waals surface area contributed by atoms with E-state index in [0.717, 1.165) is 25.7 Å². The van der Waals surface area contributed by atoms with Gasteiger partial charge in [-0.2, -0.15) is 0 Å². The van der Waals surface area contributed by atoms with Gasteiger partial charge in [-0.25, -0.2) is 0 Å². The van der Waals surface area contributed by atoms with Crippen LogP contribution in [0.2, 0.25) is 0 Å². The summed E-state index contributed by atoms with van der Waals surface area (Å²) in [4.78, 5) is 26.3. The van der Waals surface area contributed by atoms with Gasteiger partial charge in [-0.1, -0.05) is 13.8 Å². The van der Waals surface area contributed by atoms with E-state index >= 15 is 0 Å². The van der Waals surface area contributed by atoms with Gasteiger partial charge in [0.25, 0.3) is 5.91 Å². The predicted molar refractivity (Wildman–Crippen MR) is 101 cm³/mol. The second kappa shape index (κ2) is 8.63. The van der Waals surface area contributed by atoms with E-state index in [1.807, 2.05) is 13.8 Å². The number of likely N-dealkylation sites (tertiary alicyclic amines) is 1. The zero-order chi connectivity index (χ0) is 19.4. The molecule has 1 saturated carbocycles. The molecule has 1 aromatic rings. The molecule has 0 spiro atoms. The molecule has 2 atom stereocenters. The van der Waals surface area contributed by atoms with Crippen molar-refractivity contribution >= 4 is 11.9 Å². The number of hydrogen-bond acceptors (Lipinski definition) is 4. The van der Waals surface area contributed by atoms with Crippen molar-refractivity contribution in [2.75, 3.05) is 26.3 Å². The van der Waals surface area contributed by atoms with Gasteiger partial charge in [-0.15, -0.1) is 0 Å². The summed E-state index contributed by atoms with van der Waals surface area (Å²) in [5.74, 6) is 0.368. The maximum atomic E-state index is 13.0. The predicted octanol–water partition coefficient (Wildman–Crippen LogP) is 3.45. The number of amides is 1. The lowest BCUT2D eigenvalue weighted by atomic mass is 9.92. The highest BCUT2D eigenvalue weighted by molar-refractivity contribution is 5.95. The number of carbonyl (C=O) groups is 2. The van der Waals surface area contributed by atoms with Crippen molar-refractivity contribution in [1.29, 1.82) is 0 Å². The van der Waals surface area contributed by atoms with Gasteiger partial charge in [0.05, 0.1) is 19.1 Å². The van der Waals surface area contributed by atoms with Crippen molar-refractivity contribution < 1.29 is 24.2 Å². The minimum Gasteiger partial charge on any atom is -0.490 e. The van der Waals surface area contributed by atoms with Crippen LogP contribution in [0.4, 0.5) is 0 Å². The molecule has 6 heteroatoms. The highest BCUT2D eigenvalue weighted by Gasteiger charge is 2.46. The number of aliphatic carboxylic acids is 1. The zero-order valence-electron chi connectivity index (χ0n) is 16.1. The van der Waals surface area contributed by atoms with Gasteiger partial charge >= 0.3 is 5.97 Å². The van der Waals surface area contributed by atoms with Crippen LogP contribution in [0.1, 0.15) is 49.9 Å². The number of rotatable bonds is 9. The molecule has 1 aliphatic heterocycles. The van der Waals surface area contributed by atoms with E-state index in [0.29, 0.717) is 42.7 Å². The number of hydrogen-bond donors (Lipinski definition) is 1. The molecule has 0 unspecified atom stereocenters. The Kier molecular flexibility index (Phi) is 6.24. The molecule has 1 amide bonds. The summed E-state index contributed by atoms with van der Waals surface area (Å²) in [5, 5.41) is 9.52. The van der Waals surface area contributed by atoms with Crippen molar-refractivity contribution in [2.45, 2.75) is 39.5 Å². The Morgan fingerprint density at radius 3 is 2.33 bits per heavy atom. The molecule has 1 aromatic carbocycles. The molecule has 6 nitrogen and oxygen atoms in total. The fourth-order valence-electron chi connectivity index (χ4n) is 3.74. The lowest BCUT2D eigenvalue weighted by Gasteiger charge is -2.18. The number of nitrogens with zero attached hydrogens (tertiary/aromatic N) is 1. The van der Waals surface area contributed by atoms with Crippen LogP contribution in [0.15, 0.2) is 18.2 Å². The number of ether oxygens (including phenoxy) is 2. The van der Waals surface area contributed by atoms with Gasteiger partial charge in [0.1, 0.15) is 0 Å². The lowest BCUT2D eigenvalue weighted by molar-refractivity contribution is -0.142. The fraction of sp³-hybridized carbons (Fsp3) is 0.619. The Hall–Kier alpha value is -2.24. The van der Waals surface area contributed by atoms with Crippen molar-refractivity contribution in [3.63, 3.8) is 0 Å². The third-order valence-electron chi connectivity index (χ3n) is 5.31. The molecule has 27 heavy (non-hydrogen) atoms. The summed E-state index contributed by atoms with van der Waals surface area (Å²) in [5.41, 5.74) is 0.519. The molecule has 3 rings (SSSR count). The Labute approximate surface area is 160 Å². The van der Waals surface area contributed by atoms with E-state index in [-0.39, 0.29) is 18.4 Å². The highest BCUT2D eigenvalue weighted by atomic mass is 16.5. The van der Waals surface area contributed by atoms with Crippen LogP contribution in [0, 0.1) is 17.8 Å². The van der Waals surface area contributed by atoms with Gasteiger partial charge in [-0.05, 0) is 55.7 Å². The summed E-state index contributed by atoms with van der Waals surface area (Å²) >= 11 is 0. The van der Waals surface area contributed by atoms with Crippen LogP contribution in [-0.4, -0.2) is 48.2 Å². The van der Waals surface area contributed by atoms with E-state index in [1.165, 1.54) is 0 Å². The Bertz CT molecular complexity index is 685. The number of carbonyl (C=O) groups excluding carboxylic acids is 1. The molecule has 1 heterocycles. The minimum absolute atomic E-state index is 0.0782. The average molecular weight is 375 g/mol. The van der Waals surface area contributed by atoms with E-state index in [4.69, 9.17) is 9.47 Å². The molecule has 1 saturated heterocycles. The van der Waals surface area contributed by atoms with Crippen LogP contribution < -0.4 is 9.47 Å². The SMILES string of the molecule is CCCOc1ccc(C(=O)N2C[C@H](C(=O)O)[C@@H](C3CC3)C2)cc1OCCC. The highest BCUT2D eigenvalue weighted by Crippen LogP contribution is 2.44. The zero-order valence-corrected chi connectivity index (χ0v) is 16.1. The standard InChI is InChI=1S/C21H29NO5/c1-3-9-26-18-8-7-15(11-19(18)27-10-4-2)20(23)22-12-16(14-5-6-14)17(13-22)21(24)25/h7-8,11,14,16-17H,3-6,9-10,12-13H2,1-2H3,(H,24,25)/t16-,17+/m1/s1. The number of carboxylic acid groups (broad SMARTS) is 1. The van der Waals surface area contributed by atoms with E-state index in [9.17, 15) is 14.7 Å². The fourth-order valence-corrected chi connectivity index (χ4v) is 3.74. The van der Waals surface area contributed by atoms with Crippen molar-refractivity contribution in [2.24, 2.45) is 17.8 Å². The molecule has 0 aromatic heterocycles. The second-order valence-electron chi connectivity index (χ2n) is 7.51. The molecule has 2 aliphatic rings. The summed E-state index contributed by atoms with van der Waals surface area (Å²) in [6.07, 6.45) is 3.91. The lowest BCUT2D eigenvalue weighted by Crippen LogP contribution is -2.30. The monoisotopic (exact) mass is 375 g/mol. The first-order valence-corrected chi connectivity index (χ1v) is 9.96.